The molecule has 33 heavy (non-hydrogen) atoms. The second-order valence-electron chi connectivity index (χ2n) is 8.91. The fourth-order valence-electron chi connectivity index (χ4n) is 5.06. The van der Waals surface area contributed by atoms with E-state index >= 15 is 0 Å². The zero-order valence-electron chi connectivity index (χ0n) is 19.0. The van der Waals surface area contributed by atoms with Crippen molar-refractivity contribution in [2.75, 3.05) is 26.3 Å². The van der Waals surface area contributed by atoms with E-state index in [9.17, 15) is 9.59 Å². The first kappa shape index (κ1) is 23.6. The molecule has 0 spiro atoms. The number of carbonyl (C=O) groups excluding carboxylic acids is 1. The van der Waals surface area contributed by atoms with E-state index in [2.05, 4.69) is 41.3 Å². The van der Waals surface area contributed by atoms with Crippen LogP contribution in [0.2, 0.25) is 0 Å². The number of nitrogens with zero attached hydrogens (tertiary/aromatic N) is 1. The highest BCUT2D eigenvalue weighted by Gasteiger charge is 2.45. The largest absolute Gasteiger partial charge is 0.481 e. The maximum atomic E-state index is 13.1. The van der Waals surface area contributed by atoms with Gasteiger partial charge in [0.25, 0.3) is 0 Å². The number of carbonyl (C=O) groups is 2. The predicted octanol–water partition coefficient (Wildman–Crippen LogP) is 4.22. The number of Topliss-reactive ketones (excluding diaryl/α,β-unsaturated/α-hetero) is 1. The van der Waals surface area contributed by atoms with E-state index in [1.54, 1.807) is 0 Å². The quantitative estimate of drug-likeness (QED) is 0.431. The summed E-state index contributed by atoms with van der Waals surface area (Å²) in [5.41, 5.74) is 1.14. The minimum absolute atomic E-state index is 0.0845. The van der Waals surface area contributed by atoms with Crippen molar-refractivity contribution in [1.29, 1.82) is 0 Å². The molecule has 176 valence electrons. The fraction of sp³-hybridized carbons (Fsp3) is 0.481. The van der Waals surface area contributed by atoms with Gasteiger partial charge in [-0.2, -0.15) is 0 Å². The van der Waals surface area contributed by atoms with Crippen LogP contribution >= 0.6 is 0 Å². The second-order valence-corrected chi connectivity index (χ2v) is 8.91. The number of carboxylic acid groups (broad SMARTS) is 1. The molecule has 4 rings (SSSR count). The lowest BCUT2D eigenvalue weighted by Crippen LogP contribution is -2.49. The smallest absolute Gasteiger partial charge is 0.303 e. The Morgan fingerprint density at radius 1 is 1.12 bits per heavy atom. The number of allylic oxidation sites excluding steroid dienone is 2. The molecule has 1 saturated carbocycles. The molecule has 1 aliphatic carbocycles. The van der Waals surface area contributed by atoms with Gasteiger partial charge in [0.05, 0.1) is 32.0 Å². The summed E-state index contributed by atoms with van der Waals surface area (Å²) in [6, 6.07) is 14.4. The Hall–Kier alpha value is -2.54. The molecule has 0 radical (unpaired) electrons. The van der Waals surface area contributed by atoms with Crippen LogP contribution in [0.5, 0.6) is 0 Å². The van der Waals surface area contributed by atoms with Crippen LogP contribution in [0.3, 0.4) is 0 Å². The third-order valence-electron chi connectivity index (χ3n) is 6.72. The molecular weight excluding hydrogens is 418 g/mol. The molecule has 0 amide bonds. The molecule has 0 unspecified atom stereocenters. The van der Waals surface area contributed by atoms with Gasteiger partial charge in [0.2, 0.25) is 0 Å². The van der Waals surface area contributed by atoms with E-state index in [1.165, 1.54) is 10.8 Å². The third-order valence-corrected chi connectivity index (χ3v) is 6.72. The number of carboxylic acids is 1. The number of benzene rings is 2. The van der Waals surface area contributed by atoms with Gasteiger partial charge in [0, 0.05) is 31.8 Å². The number of morpholine rings is 1. The van der Waals surface area contributed by atoms with Gasteiger partial charge in [0.1, 0.15) is 0 Å². The van der Waals surface area contributed by atoms with Crippen LogP contribution in [-0.2, 0) is 25.7 Å². The number of fused-ring (bicyclic) bond motifs is 1. The van der Waals surface area contributed by atoms with E-state index in [0.29, 0.717) is 32.7 Å². The van der Waals surface area contributed by atoms with Crippen molar-refractivity contribution < 1.29 is 24.2 Å². The maximum absolute atomic E-state index is 13.1. The van der Waals surface area contributed by atoms with Gasteiger partial charge in [-0.25, -0.2) is 0 Å². The summed E-state index contributed by atoms with van der Waals surface area (Å²) in [6.07, 6.45) is 6.75. The van der Waals surface area contributed by atoms with Crippen molar-refractivity contribution >= 4 is 22.5 Å². The maximum Gasteiger partial charge on any atom is 0.303 e. The first-order valence-corrected chi connectivity index (χ1v) is 11.9. The van der Waals surface area contributed by atoms with Gasteiger partial charge < -0.3 is 14.6 Å². The monoisotopic (exact) mass is 451 g/mol. The van der Waals surface area contributed by atoms with Crippen molar-refractivity contribution in [3.8, 4) is 0 Å². The highest BCUT2D eigenvalue weighted by atomic mass is 16.5. The highest BCUT2D eigenvalue weighted by molar-refractivity contribution is 5.87. The average molecular weight is 452 g/mol. The van der Waals surface area contributed by atoms with E-state index in [1.807, 2.05) is 18.2 Å². The summed E-state index contributed by atoms with van der Waals surface area (Å²) in [5.74, 6) is -0.426. The molecule has 2 aromatic carbocycles. The molecule has 6 heteroatoms. The van der Waals surface area contributed by atoms with Crippen LogP contribution in [0.1, 0.15) is 37.7 Å². The lowest BCUT2D eigenvalue weighted by molar-refractivity contribution is -0.137. The van der Waals surface area contributed by atoms with Gasteiger partial charge in [0.15, 0.2) is 5.78 Å². The van der Waals surface area contributed by atoms with Crippen LogP contribution in [0, 0.1) is 5.92 Å². The molecule has 1 heterocycles. The topological polar surface area (TPSA) is 76.1 Å². The standard InChI is InChI=1S/C27H33NO5/c29-24-18-25(33-19-21-10-7-9-20-8-5-6-11-22(20)21)23(12-3-1-2-4-13-26(30)31)27(24)28-14-16-32-17-15-28/h1,3,5-11,23,25,27H,2,4,12-19H2,(H,30,31)/b3-1-/t23-,25-,27+/m1/s1. The number of rotatable bonds is 10. The van der Waals surface area contributed by atoms with Gasteiger partial charge in [-0.15, -0.1) is 0 Å². The van der Waals surface area contributed by atoms with E-state index in [4.69, 9.17) is 14.6 Å². The normalized spacial score (nSPS) is 24.1. The summed E-state index contributed by atoms with van der Waals surface area (Å²) in [7, 11) is 0. The van der Waals surface area contributed by atoms with E-state index in [-0.39, 0.29) is 30.3 Å². The fourth-order valence-corrected chi connectivity index (χ4v) is 5.06. The Morgan fingerprint density at radius 2 is 1.91 bits per heavy atom. The Balaban J connectivity index is 1.45. The number of unbranched alkanes of at least 4 members (excludes halogenated alkanes) is 1. The van der Waals surface area contributed by atoms with Crippen molar-refractivity contribution in [2.45, 2.75) is 50.9 Å². The summed E-state index contributed by atoms with van der Waals surface area (Å²) < 4.78 is 11.9. The van der Waals surface area contributed by atoms with Crippen molar-refractivity contribution in [1.82, 2.24) is 4.90 Å². The molecule has 6 nitrogen and oxygen atoms in total. The molecule has 2 fully saturated rings. The third kappa shape index (κ3) is 6.08. The Morgan fingerprint density at radius 3 is 2.73 bits per heavy atom. The molecule has 0 aromatic heterocycles. The lowest BCUT2D eigenvalue weighted by atomic mass is 9.95. The summed E-state index contributed by atoms with van der Waals surface area (Å²) in [4.78, 5) is 26.1. The zero-order valence-corrected chi connectivity index (χ0v) is 19.0. The molecule has 2 aromatic rings. The van der Waals surface area contributed by atoms with Gasteiger partial charge in [-0.1, -0.05) is 54.6 Å². The van der Waals surface area contributed by atoms with Gasteiger partial charge in [-0.3, -0.25) is 14.5 Å². The predicted molar refractivity (Wildman–Crippen MR) is 127 cm³/mol. The molecule has 3 atom stereocenters. The van der Waals surface area contributed by atoms with Gasteiger partial charge in [-0.05, 0) is 35.6 Å². The molecule has 1 saturated heterocycles. The van der Waals surface area contributed by atoms with Crippen LogP contribution in [0.15, 0.2) is 54.6 Å². The van der Waals surface area contributed by atoms with E-state index < -0.39 is 5.97 Å². The first-order chi connectivity index (χ1) is 16.1. The van der Waals surface area contributed by atoms with Crippen molar-refractivity contribution in [2.24, 2.45) is 5.92 Å². The molecule has 1 N–H and O–H groups in total. The highest BCUT2D eigenvalue weighted by Crippen LogP contribution is 2.34. The molecule has 1 aliphatic heterocycles. The van der Waals surface area contributed by atoms with Crippen LogP contribution in [-0.4, -0.2) is 60.2 Å². The molecule has 2 aliphatic rings. The molecule has 0 bridgehead atoms. The van der Waals surface area contributed by atoms with Gasteiger partial charge >= 0.3 is 5.97 Å². The van der Waals surface area contributed by atoms with Crippen molar-refractivity contribution in [3.05, 3.63) is 60.2 Å². The van der Waals surface area contributed by atoms with Crippen LogP contribution in [0.4, 0.5) is 0 Å². The van der Waals surface area contributed by atoms with Crippen LogP contribution in [0.25, 0.3) is 10.8 Å². The minimum Gasteiger partial charge on any atom is -0.481 e. The second kappa shape index (κ2) is 11.5. The number of ether oxygens (including phenoxy) is 2. The number of hydrogen-bond donors (Lipinski definition) is 1. The lowest BCUT2D eigenvalue weighted by Gasteiger charge is -2.35. The number of aliphatic carboxylic acids is 1. The summed E-state index contributed by atoms with van der Waals surface area (Å²) >= 11 is 0. The number of ketones is 1. The minimum atomic E-state index is -0.765. The number of hydrogen-bond acceptors (Lipinski definition) is 5. The Bertz CT molecular complexity index is 976. The summed E-state index contributed by atoms with van der Waals surface area (Å²) in [6.45, 7) is 3.33. The Kier molecular flexibility index (Phi) is 8.26. The SMILES string of the molecule is O=C(O)CCC/C=C\C[C@H]1[C@H](N2CCOCC2)C(=O)C[C@H]1OCc1cccc2ccccc12. The zero-order chi connectivity index (χ0) is 23.0. The van der Waals surface area contributed by atoms with E-state index in [0.717, 1.165) is 31.5 Å². The molecular formula is C27H33NO5. The summed E-state index contributed by atoms with van der Waals surface area (Å²) in [5, 5.41) is 11.2. The Labute approximate surface area is 195 Å². The average Bonchev–Trinajstić information content (AvgIpc) is 3.15. The first-order valence-electron chi connectivity index (χ1n) is 11.9. The van der Waals surface area contributed by atoms with Crippen molar-refractivity contribution in [3.63, 3.8) is 0 Å². The van der Waals surface area contributed by atoms with Crippen LogP contribution < -0.4 is 0 Å².